The van der Waals surface area contributed by atoms with Crippen LogP contribution >= 0.6 is 11.6 Å². The molecular weight excluding hydrogens is 404 g/mol. The van der Waals surface area contributed by atoms with Crippen molar-refractivity contribution in [2.24, 2.45) is 0 Å². The van der Waals surface area contributed by atoms with Gasteiger partial charge in [-0.1, -0.05) is 48.0 Å². The standard InChI is InChI=1S/C23H17ClN2O4/c1-2-30-20-11-10-14-6-3-4-9-17(14)18(20)13-19-21(27)25-23(29)26(22(19)28)16-8-5-7-15(24)12-16/h3-13H,2H2,1H3,(H,25,27,29)/b19-13+. The SMILES string of the molecule is CCOc1ccc2ccccc2c1/C=C1\C(=O)NC(=O)N(c2cccc(Cl)c2)C1=O. The zero-order valence-electron chi connectivity index (χ0n) is 16.0. The van der Waals surface area contributed by atoms with Crippen molar-refractivity contribution in [2.75, 3.05) is 11.5 Å². The van der Waals surface area contributed by atoms with Gasteiger partial charge >= 0.3 is 6.03 Å². The third kappa shape index (κ3) is 3.53. The van der Waals surface area contributed by atoms with Gasteiger partial charge in [-0.2, -0.15) is 0 Å². The van der Waals surface area contributed by atoms with Crippen LogP contribution in [0.2, 0.25) is 5.02 Å². The summed E-state index contributed by atoms with van der Waals surface area (Å²) in [5, 5.41) is 4.34. The fourth-order valence-electron chi connectivity index (χ4n) is 3.36. The Kier molecular flexibility index (Phi) is 5.25. The van der Waals surface area contributed by atoms with E-state index >= 15 is 0 Å². The molecule has 0 radical (unpaired) electrons. The highest BCUT2D eigenvalue weighted by molar-refractivity contribution is 6.39. The second-order valence-electron chi connectivity index (χ2n) is 6.57. The van der Waals surface area contributed by atoms with E-state index in [1.54, 1.807) is 24.3 Å². The maximum absolute atomic E-state index is 13.2. The van der Waals surface area contributed by atoms with Gasteiger partial charge in [0.25, 0.3) is 11.8 Å². The first-order valence-corrected chi connectivity index (χ1v) is 9.69. The minimum absolute atomic E-state index is 0.174. The molecule has 4 amide bonds. The lowest BCUT2D eigenvalue weighted by atomic mass is 9.99. The number of rotatable bonds is 4. The number of imide groups is 2. The van der Waals surface area contributed by atoms with Gasteiger partial charge in [0.1, 0.15) is 11.3 Å². The normalized spacial score (nSPS) is 15.6. The number of carbonyl (C=O) groups is 3. The molecule has 6 nitrogen and oxygen atoms in total. The molecule has 0 saturated carbocycles. The fraction of sp³-hybridized carbons (Fsp3) is 0.0870. The fourth-order valence-corrected chi connectivity index (χ4v) is 3.54. The van der Waals surface area contributed by atoms with Crippen molar-refractivity contribution in [3.05, 3.63) is 76.8 Å². The lowest BCUT2D eigenvalue weighted by Gasteiger charge is -2.26. The number of nitrogens with one attached hydrogen (secondary N) is 1. The first-order chi connectivity index (χ1) is 14.5. The number of amides is 4. The Labute approximate surface area is 177 Å². The molecule has 150 valence electrons. The van der Waals surface area contributed by atoms with Crippen LogP contribution in [0.15, 0.2) is 66.2 Å². The molecule has 0 aliphatic carbocycles. The molecule has 1 heterocycles. The van der Waals surface area contributed by atoms with Crippen molar-refractivity contribution >= 4 is 52.0 Å². The number of hydrogen-bond acceptors (Lipinski definition) is 4. The molecule has 0 unspecified atom stereocenters. The Bertz CT molecular complexity index is 1220. The predicted molar refractivity (Wildman–Crippen MR) is 116 cm³/mol. The third-order valence-corrected chi connectivity index (χ3v) is 4.92. The molecular formula is C23H17ClN2O4. The van der Waals surface area contributed by atoms with Crippen LogP contribution in [0.1, 0.15) is 12.5 Å². The lowest BCUT2D eigenvalue weighted by Crippen LogP contribution is -2.54. The first kappa shape index (κ1) is 19.7. The van der Waals surface area contributed by atoms with Gasteiger partial charge in [-0.3, -0.25) is 14.9 Å². The molecule has 1 fully saturated rings. The summed E-state index contributed by atoms with van der Waals surface area (Å²) >= 11 is 6.01. The van der Waals surface area contributed by atoms with E-state index in [9.17, 15) is 14.4 Å². The second-order valence-corrected chi connectivity index (χ2v) is 7.01. The Balaban J connectivity index is 1.87. The van der Waals surface area contributed by atoms with Crippen molar-refractivity contribution in [2.45, 2.75) is 6.92 Å². The van der Waals surface area contributed by atoms with Crippen LogP contribution in [0.3, 0.4) is 0 Å². The molecule has 0 atom stereocenters. The van der Waals surface area contributed by atoms with E-state index in [0.29, 0.717) is 22.9 Å². The number of benzene rings is 3. The molecule has 4 rings (SSSR count). The highest BCUT2D eigenvalue weighted by atomic mass is 35.5. The van der Waals surface area contributed by atoms with Gasteiger partial charge in [-0.25, -0.2) is 9.69 Å². The topological polar surface area (TPSA) is 75.7 Å². The highest BCUT2D eigenvalue weighted by Crippen LogP contribution is 2.32. The van der Waals surface area contributed by atoms with Crippen molar-refractivity contribution < 1.29 is 19.1 Å². The number of anilines is 1. The van der Waals surface area contributed by atoms with Crippen molar-refractivity contribution in [3.8, 4) is 5.75 Å². The summed E-state index contributed by atoms with van der Waals surface area (Å²) in [5.41, 5.74) is 0.687. The molecule has 7 heteroatoms. The molecule has 1 saturated heterocycles. The van der Waals surface area contributed by atoms with E-state index in [4.69, 9.17) is 16.3 Å². The summed E-state index contributed by atoms with van der Waals surface area (Å²) in [7, 11) is 0. The number of urea groups is 1. The molecule has 1 aliphatic rings. The van der Waals surface area contributed by atoms with Crippen LogP contribution in [0.5, 0.6) is 5.75 Å². The molecule has 0 aromatic heterocycles. The summed E-state index contributed by atoms with van der Waals surface area (Å²) in [6.07, 6.45) is 1.47. The minimum Gasteiger partial charge on any atom is -0.493 e. The summed E-state index contributed by atoms with van der Waals surface area (Å²) in [4.78, 5) is 39.0. The summed E-state index contributed by atoms with van der Waals surface area (Å²) < 4.78 is 5.72. The molecule has 0 bridgehead atoms. The van der Waals surface area contributed by atoms with E-state index in [1.165, 1.54) is 12.1 Å². The third-order valence-electron chi connectivity index (χ3n) is 4.69. The van der Waals surface area contributed by atoms with Gasteiger partial charge < -0.3 is 4.74 Å². The Hall–Kier alpha value is -3.64. The van der Waals surface area contributed by atoms with E-state index < -0.39 is 17.8 Å². The van der Waals surface area contributed by atoms with Gasteiger partial charge in [0.15, 0.2) is 0 Å². The van der Waals surface area contributed by atoms with Crippen LogP contribution in [0.25, 0.3) is 16.8 Å². The maximum Gasteiger partial charge on any atom is 0.335 e. The number of nitrogens with zero attached hydrogens (tertiary/aromatic N) is 1. The molecule has 3 aromatic rings. The highest BCUT2D eigenvalue weighted by Gasteiger charge is 2.37. The van der Waals surface area contributed by atoms with E-state index in [-0.39, 0.29) is 11.3 Å². The molecule has 3 aromatic carbocycles. The Morgan fingerprint density at radius 2 is 1.83 bits per heavy atom. The molecule has 1 aliphatic heterocycles. The summed E-state index contributed by atoms with van der Waals surface area (Å²) in [6.45, 7) is 2.27. The monoisotopic (exact) mass is 420 g/mol. The smallest absolute Gasteiger partial charge is 0.335 e. The minimum atomic E-state index is -0.827. The van der Waals surface area contributed by atoms with Crippen molar-refractivity contribution in [1.82, 2.24) is 5.32 Å². The van der Waals surface area contributed by atoms with Crippen LogP contribution in [-0.2, 0) is 9.59 Å². The van der Waals surface area contributed by atoms with Crippen molar-refractivity contribution in [1.29, 1.82) is 0 Å². The number of barbiturate groups is 1. The van der Waals surface area contributed by atoms with E-state index in [1.807, 2.05) is 37.3 Å². The Morgan fingerprint density at radius 3 is 2.60 bits per heavy atom. The molecule has 1 N–H and O–H groups in total. The number of fused-ring (bicyclic) bond motifs is 1. The lowest BCUT2D eigenvalue weighted by molar-refractivity contribution is -0.122. The van der Waals surface area contributed by atoms with Gasteiger partial charge in [-0.05, 0) is 48.0 Å². The van der Waals surface area contributed by atoms with E-state index in [0.717, 1.165) is 15.7 Å². The van der Waals surface area contributed by atoms with Gasteiger partial charge in [0, 0.05) is 10.6 Å². The quantitative estimate of drug-likeness (QED) is 0.496. The average Bonchev–Trinajstić information content (AvgIpc) is 2.72. The van der Waals surface area contributed by atoms with Gasteiger partial charge in [-0.15, -0.1) is 0 Å². The predicted octanol–water partition coefficient (Wildman–Crippen LogP) is 4.56. The van der Waals surface area contributed by atoms with E-state index in [2.05, 4.69) is 5.32 Å². The zero-order chi connectivity index (χ0) is 21.3. The molecule has 0 spiro atoms. The number of hydrogen-bond donors (Lipinski definition) is 1. The average molecular weight is 421 g/mol. The van der Waals surface area contributed by atoms with Gasteiger partial charge in [0.2, 0.25) is 0 Å². The largest absolute Gasteiger partial charge is 0.493 e. The second kappa shape index (κ2) is 8.00. The van der Waals surface area contributed by atoms with Crippen molar-refractivity contribution in [3.63, 3.8) is 0 Å². The van der Waals surface area contributed by atoms with Crippen LogP contribution in [-0.4, -0.2) is 24.5 Å². The number of ether oxygens (including phenoxy) is 1. The zero-order valence-corrected chi connectivity index (χ0v) is 16.8. The summed E-state index contributed by atoms with van der Waals surface area (Å²) in [6, 6.07) is 16.8. The van der Waals surface area contributed by atoms with Crippen LogP contribution in [0.4, 0.5) is 10.5 Å². The number of halogens is 1. The maximum atomic E-state index is 13.2. The van der Waals surface area contributed by atoms with Crippen LogP contribution < -0.4 is 15.0 Å². The van der Waals surface area contributed by atoms with Crippen LogP contribution in [0, 0.1) is 0 Å². The first-order valence-electron chi connectivity index (χ1n) is 9.31. The Morgan fingerprint density at radius 1 is 1.03 bits per heavy atom. The molecule has 30 heavy (non-hydrogen) atoms. The summed E-state index contributed by atoms with van der Waals surface area (Å²) in [5.74, 6) is -0.962. The number of carbonyl (C=O) groups excluding carboxylic acids is 3. The van der Waals surface area contributed by atoms with Gasteiger partial charge in [0.05, 0.1) is 12.3 Å².